The number of amides is 3. The molecule has 2 heterocycles. The van der Waals surface area contributed by atoms with E-state index >= 15 is 0 Å². The Hall–Kier alpha value is -2.16. The standard InChI is InChI=1S/C18H28N2O7/c1-11(16(23)27-20-13(21)8-9-14(20)22)15(25-5)12-7-6-10-19(12)17(24)26-18(2,3)4/h11-12,15H,6-10H2,1-5H3/t11-,12+,15-/m1/s1. The van der Waals surface area contributed by atoms with Gasteiger partial charge in [0.1, 0.15) is 5.60 Å². The molecule has 0 spiro atoms. The molecule has 0 aromatic carbocycles. The van der Waals surface area contributed by atoms with Crippen molar-refractivity contribution in [2.75, 3.05) is 13.7 Å². The van der Waals surface area contributed by atoms with Crippen LogP contribution >= 0.6 is 0 Å². The van der Waals surface area contributed by atoms with Crippen molar-refractivity contribution in [2.45, 2.75) is 71.1 Å². The lowest BCUT2D eigenvalue weighted by Gasteiger charge is -2.34. The normalized spacial score (nSPS) is 22.8. The number of imide groups is 1. The Morgan fingerprint density at radius 2 is 1.74 bits per heavy atom. The van der Waals surface area contributed by atoms with Crippen LogP contribution in [0.5, 0.6) is 0 Å². The molecule has 9 heteroatoms. The molecule has 0 bridgehead atoms. The van der Waals surface area contributed by atoms with Gasteiger partial charge in [-0.2, -0.15) is 0 Å². The molecule has 0 unspecified atom stereocenters. The van der Waals surface area contributed by atoms with Crippen molar-refractivity contribution in [2.24, 2.45) is 5.92 Å². The molecule has 0 aliphatic carbocycles. The summed E-state index contributed by atoms with van der Waals surface area (Å²) < 4.78 is 10.9. The van der Waals surface area contributed by atoms with Crippen molar-refractivity contribution in [3.63, 3.8) is 0 Å². The Morgan fingerprint density at radius 1 is 1.15 bits per heavy atom. The van der Waals surface area contributed by atoms with Crippen LogP contribution in [0.25, 0.3) is 0 Å². The minimum atomic E-state index is -0.788. The van der Waals surface area contributed by atoms with E-state index in [1.807, 2.05) is 0 Å². The van der Waals surface area contributed by atoms with Crippen molar-refractivity contribution in [3.8, 4) is 0 Å². The average molecular weight is 384 g/mol. The van der Waals surface area contributed by atoms with E-state index in [4.69, 9.17) is 14.3 Å². The van der Waals surface area contributed by atoms with E-state index < -0.39 is 41.5 Å². The molecule has 152 valence electrons. The highest BCUT2D eigenvalue weighted by Gasteiger charge is 2.43. The molecule has 3 atom stereocenters. The van der Waals surface area contributed by atoms with Gasteiger partial charge < -0.3 is 19.2 Å². The monoisotopic (exact) mass is 384 g/mol. The fourth-order valence-corrected chi connectivity index (χ4v) is 3.34. The van der Waals surface area contributed by atoms with E-state index in [9.17, 15) is 19.2 Å². The van der Waals surface area contributed by atoms with Crippen LogP contribution in [0.4, 0.5) is 4.79 Å². The summed E-state index contributed by atoms with van der Waals surface area (Å²) >= 11 is 0. The summed E-state index contributed by atoms with van der Waals surface area (Å²) in [5.41, 5.74) is -0.631. The van der Waals surface area contributed by atoms with Crippen molar-refractivity contribution in [1.82, 2.24) is 9.96 Å². The maximum absolute atomic E-state index is 12.5. The molecular formula is C18H28N2O7. The minimum absolute atomic E-state index is 0.0310. The third kappa shape index (κ3) is 4.97. The van der Waals surface area contributed by atoms with E-state index in [0.29, 0.717) is 18.0 Å². The number of methoxy groups -OCH3 is 1. The van der Waals surface area contributed by atoms with Crippen LogP contribution < -0.4 is 0 Å². The van der Waals surface area contributed by atoms with Crippen LogP contribution in [-0.2, 0) is 28.7 Å². The van der Waals surface area contributed by atoms with Crippen LogP contribution in [0.15, 0.2) is 0 Å². The minimum Gasteiger partial charge on any atom is -0.444 e. The first-order valence-electron chi connectivity index (χ1n) is 9.15. The first-order valence-corrected chi connectivity index (χ1v) is 9.15. The van der Waals surface area contributed by atoms with Crippen LogP contribution in [0.1, 0.15) is 53.4 Å². The van der Waals surface area contributed by atoms with Gasteiger partial charge >= 0.3 is 12.1 Å². The number of hydrogen-bond acceptors (Lipinski definition) is 7. The molecule has 2 aliphatic heterocycles. The molecule has 0 saturated carbocycles. The van der Waals surface area contributed by atoms with Crippen LogP contribution in [0.3, 0.4) is 0 Å². The van der Waals surface area contributed by atoms with Crippen LogP contribution in [0.2, 0.25) is 0 Å². The Kier molecular flexibility index (Phi) is 6.46. The summed E-state index contributed by atoms with van der Waals surface area (Å²) in [4.78, 5) is 54.8. The Morgan fingerprint density at radius 3 is 2.26 bits per heavy atom. The Bertz CT molecular complexity index is 597. The maximum atomic E-state index is 12.5. The highest BCUT2D eigenvalue weighted by atomic mass is 16.7. The number of rotatable bonds is 5. The zero-order chi connectivity index (χ0) is 20.4. The second-order valence-electron chi connectivity index (χ2n) is 7.86. The van der Waals surface area contributed by atoms with Crippen molar-refractivity contribution < 1.29 is 33.5 Å². The summed E-state index contributed by atoms with van der Waals surface area (Å²) in [5, 5.41) is 0.520. The first kappa shape index (κ1) is 21.1. The van der Waals surface area contributed by atoms with Gasteiger partial charge in [-0.25, -0.2) is 9.59 Å². The highest BCUT2D eigenvalue weighted by molar-refractivity contribution is 6.01. The van der Waals surface area contributed by atoms with Crippen molar-refractivity contribution >= 4 is 23.9 Å². The van der Waals surface area contributed by atoms with E-state index in [1.165, 1.54) is 7.11 Å². The molecule has 2 fully saturated rings. The number of carbonyl (C=O) groups excluding carboxylic acids is 4. The highest BCUT2D eigenvalue weighted by Crippen LogP contribution is 2.28. The second kappa shape index (κ2) is 8.24. The van der Waals surface area contributed by atoms with Gasteiger partial charge in [0.05, 0.1) is 18.1 Å². The Labute approximate surface area is 158 Å². The molecule has 9 nitrogen and oxygen atoms in total. The fraction of sp³-hybridized carbons (Fsp3) is 0.778. The van der Waals surface area contributed by atoms with E-state index in [1.54, 1.807) is 32.6 Å². The lowest BCUT2D eigenvalue weighted by molar-refractivity contribution is -0.203. The molecule has 3 amide bonds. The summed E-state index contributed by atoms with van der Waals surface area (Å²) in [6.45, 7) is 7.45. The number of nitrogens with zero attached hydrogens (tertiary/aromatic N) is 2. The largest absolute Gasteiger partial charge is 0.444 e. The molecule has 0 aromatic rings. The molecular weight excluding hydrogens is 356 g/mol. The van der Waals surface area contributed by atoms with Gasteiger partial charge in [0.25, 0.3) is 11.8 Å². The van der Waals surface area contributed by atoms with Crippen LogP contribution in [0, 0.1) is 5.92 Å². The zero-order valence-electron chi connectivity index (χ0n) is 16.5. The number of likely N-dealkylation sites (tertiary alicyclic amines) is 1. The topological polar surface area (TPSA) is 102 Å². The average Bonchev–Trinajstić information content (AvgIpc) is 3.16. The third-order valence-electron chi connectivity index (χ3n) is 4.63. The Balaban J connectivity index is 2.07. The van der Waals surface area contributed by atoms with Gasteiger partial charge in [-0.05, 0) is 40.5 Å². The third-order valence-corrected chi connectivity index (χ3v) is 4.63. The number of ether oxygens (including phenoxy) is 2. The molecule has 0 aromatic heterocycles. The predicted molar refractivity (Wildman–Crippen MR) is 93.1 cm³/mol. The van der Waals surface area contributed by atoms with Crippen molar-refractivity contribution in [1.29, 1.82) is 0 Å². The summed E-state index contributed by atoms with van der Waals surface area (Å²) in [5.74, 6) is -2.61. The first-order chi connectivity index (χ1) is 12.5. The van der Waals surface area contributed by atoms with E-state index in [2.05, 4.69) is 0 Å². The molecule has 2 aliphatic rings. The van der Waals surface area contributed by atoms with Crippen LogP contribution in [-0.4, -0.2) is 65.2 Å². The molecule has 0 radical (unpaired) electrons. The summed E-state index contributed by atoms with van der Waals surface area (Å²) in [6.07, 6.45) is 0.357. The number of hydroxylamine groups is 2. The van der Waals surface area contributed by atoms with Crippen molar-refractivity contribution in [3.05, 3.63) is 0 Å². The summed E-state index contributed by atoms with van der Waals surface area (Å²) in [6, 6.07) is -0.364. The molecule has 2 saturated heterocycles. The molecule has 2 rings (SSSR count). The van der Waals surface area contributed by atoms with E-state index in [0.717, 1.165) is 6.42 Å². The van der Waals surface area contributed by atoms with Gasteiger partial charge in [-0.15, -0.1) is 5.06 Å². The summed E-state index contributed by atoms with van der Waals surface area (Å²) in [7, 11) is 1.45. The lowest BCUT2D eigenvalue weighted by Crippen LogP contribution is -2.50. The zero-order valence-corrected chi connectivity index (χ0v) is 16.5. The quantitative estimate of drug-likeness (QED) is 0.664. The van der Waals surface area contributed by atoms with Gasteiger partial charge in [-0.3, -0.25) is 9.59 Å². The second-order valence-corrected chi connectivity index (χ2v) is 7.86. The SMILES string of the molecule is CO[C@H]([C@@H](C)C(=O)ON1C(=O)CCC1=O)[C@@H]1CCCN1C(=O)OC(C)(C)C. The van der Waals surface area contributed by atoms with Gasteiger partial charge in [0.2, 0.25) is 0 Å². The van der Waals surface area contributed by atoms with Gasteiger partial charge in [-0.1, -0.05) is 0 Å². The maximum Gasteiger partial charge on any atom is 0.410 e. The molecule has 27 heavy (non-hydrogen) atoms. The molecule has 0 N–H and O–H groups in total. The predicted octanol–water partition coefficient (Wildman–Crippen LogP) is 1.64. The fourth-order valence-electron chi connectivity index (χ4n) is 3.34. The smallest absolute Gasteiger partial charge is 0.410 e. The van der Waals surface area contributed by atoms with Gasteiger partial charge in [0.15, 0.2) is 0 Å². The van der Waals surface area contributed by atoms with E-state index in [-0.39, 0.29) is 18.9 Å². The number of carbonyl (C=O) groups is 4. The van der Waals surface area contributed by atoms with Gasteiger partial charge in [0, 0.05) is 26.5 Å². The number of hydrogen-bond donors (Lipinski definition) is 0. The lowest BCUT2D eigenvalue weighted by atomic mass is 9.96.